The van der Waals surface area contributed by atoms with Crippen LogP contribution in [0, 0.1) is 185 Å². The molecule has 0 radical (unpaired) electrons. The van der Waals surface area contributed by atoms with Gasteiger partial charge in [-0.1, -0.05) is 83.1 Å². The highest BCUT2D eigenvalue weighted by Gasteiger charge is 2.72. The van der Waals surface area contributed by atoms with Crippen LogP contribution in [0.2, 0.25) is 0 Å². The Morgan fingerprint density at radius 2 is 0.608 bits per heavy atom. The molecule has 0 heterocycles. The van der Waals surface area contributed by atoms with E-state index in [0.717, 1.165) is 77.0 Å². The topological polar surface area (TPSA) is 377 Å². The third kappa shape index (κ3) is 16.4. The second kappa shape index (κ2) is 35.7. The summed E-state index contributed by atoms with van der Waals surface area (Å²) in [6, 6.07) is 0. The fourth-order valence-corrected chi connectivity index (χ4v) is 36.3. The van der Waals surface area contributed by atoms with Gasteiger partial charge < -0.3 is 79.5 Å². The average molecular weight is 1750 g/mol. The van der Waals surface area contributed by atoms with E-state index in [0.29, 0.717) is 128 Å². The molecular weight excluding hydrogens is 1590 g/mol. The summed E-state index contributed by atoms with van der Waals surface area (Å²) in [5.74, 6) is -4.01. The van der Waals surface area contributed by atoms with Crippen molar-refractivity contribution in [2.24, 2.45) is 185 Å². The van der Waals surface area contributed by atoms with E-state index in [9.17, 15) is 84.6 Å². The lowest BCUT2D eigenvalue weighted by molar-refractivity contribution is -0.228. The van der Waals surface area contributed by atoms with Gasteiger partial charge in [0.15, 0.2) is 19.8 Å². The van der Waals surface area contributed by atoms with Crippen LogP contribution in [0.3, 0.4) is 0 Å². The molecule has 23 nitrogen and oxygen atoms in total. The highest BCUT2D eigenvalue weighted by atomic mass is 16.6. The molecule has 0 aliphatic heterocycles. The van der Waals surface area contributed by atoms with Crippen molar-refractivity contribution in [1.29, 1.82) is 0 Å². The first-order chi connectivity index (χ1) is 59.0. The Morgan fingerprint density at radius 3 is 0.968 bits per heavy atom. The van der Waals surface area contributed by atoms with E-state index in [1.165, 1.54) is 0 Å². The number of esters is 6. The normalized spacial score (nSPS) is 50.1. The summed E-state index contributed by atoms with van der Waals surface area (Å²) >= 11 is 0. The Kier molecular flexibility index (Phi) is 26.9. The molecule has 0 amide bonds. The van der Waals surface area contributed by atoms with Crippen LogP contribution in [-0.2, 0) is 62.0 Å². The fraction of sp³-hybridized carbons (Fsp3) is 0.931. The number of ether oxygens (including phenoxy) is 6. The maximum atomic E-state index is 14.8. The van der Waals surface area contributed by atoms with E-state index >= 15 is 0 Å². The number of hydrogen-bond acceptors (Lipinski definition) is 22. The average Bonchev–Trinajstić information content (AvgIpc) is 1.65. The van der Waals surface area contributed by atoms with Crippen molar-refractivity contribution in [3.05, 3.63) is 0 Å². The maximum Gasteiger partial charge on any atom is 0.344 e. The van der Waals surface area contributed by atoms with Crippen LogP contribution in [0.5, 0.6) is 0 Å². The van der Waals surface area contributed by atoms with Crippen LogP contribution in [0.1, 0.15) is 314 Å². The number of carboxylic acid groups (broad SMARTS) is 1. The SMILES string of the molecule is C[C@H](CCC(=O)OCC(=O)O[C@@H]1CC[C@@]2(C)[C@@H](C1)C[C@@H](OC(=O)COC(=O)CC[C@@H](C)[C@H]1CC[C@H]3[C@@H]4[C@H](O)C[C@@H]5C[C@H](O)CC[C@]5(C)[C@H]4C[C@H](O)[C@]13C)[C@@H]1[C@@H]2C[C@H](OC(=O)COC(=O)CC[C@@H](C)[C@H]2CC[C@H]3[C@@H]4[C@H](O)C[C@@H]5C[C@H](O)CC[C@]5(C)[C@H]4C[C@H](O)[C@]23C)[C@]2(C)[C@@H]([C@H](C)CCC(=O)O)CC[C@@H]12)[C@H]1CC[C@H]2[C@@H]3[C@H](O)C[C@@H]4C[C@H](O)CC[C@]4(C)[C@H]3C[C@H](O)[C@]12C. The number of aliphatic carboxylic acids is 1. The molecule has 125 heavy (non-hydrogen) atoms. The summed E-state index contributed by atoms with van der Waals surface area (Å²) in [6.45, 7) is 24.6. The Labute approximate surface area is 743 Å². The van der Waals surface area contributed by atoms with Gasteiger partial charge in [0, 0.05) is 37.0 Å². The van der Waals surface area contributed by atoms with Crippen molar-refractivity contribution in [2.45, 2.75) is 387 Å². The molecule has 0 spiro atoms. The van der Waals surface area contributed by atoms with E-state index in [2.05, 4.69) is 83.1 Å². The highest BCUT2D eigenvalue weighted by Crippen LogP contribution is 2.75. The quantitative estimate of drug-likeness (QED) is 0.0300. The first-order valence-corrected chi connectivity index (χ1v) is 50.4. The summed E-state index contributed by atoms with van der Waals surface area (Å²) in [7, 11) is 0. The van der Waals surface area contributed by atoms with Crippen molar-refractivity contribution >= 4 is 41.8 Å². The molecule has 0 aromatic rings. The van der Waals surface area contributed by atoms with E-state index in [1.807, 2.05) is 0 Å². The minimum atomic E-state index is -0.921. The molecule has 0 saturated heterocycles. The Morgan fingerprint density at radius 1 is 0.304 bits per heavy atom. The predicted molar refractivity (Wildman–Crippen MR) is 462 cm³/mol. The van der Waals surface area contributed by atoms with Crippen LogP contribution in [0.25, 0.3) is 0 Å². The minimum absolute atomic E-state index is 0.0111. The number of carbonyl (C=O) groups excluding carboxylic acids is 6. The molecule has 0 aromatic carbocycles. The molecule has 10 N–H and O–H groups in total. The van der Waals surface area contributed by atoms with Crippen molar-refractivity contribution in [1.82, 2.24) is 0 Å². The standard InChI is InChI=1S/C102H160O23/c1-52(13-25-84(112)113)67-20-24-71-94-75(48-83(102(67,71)12)125-90(119)51-122-87(116)28-16-55(4)66-19-23-70-93-74(47-82(111)101(66,70)11)97(7)35-31-62(105)39-58(97)43-78(93)108)98(8)36-32-63(123-88(117)49-120-85(114)26-14-53(2)64-17-21-68-91-72(45-80(109)99(64,68)9)95(5)33-29-60(103)37-56(95)41-76(91)106)40-59(98)44-79(94)124-89(118)50-121-86(115)27-15-54(3)65-18-22-69-92-73(46-81(110)100(65,69)10)96(6)34-30-61(104)38-57(96)42-77(92)107/h52-83,91-94,103-111H,13-51H2,1-12H3,(H,112,113)/t52-,53-,54-,55-,56+,57+,58+,59+,60-,61-,62-,63-,64-,65-,66-,67-,68+,69+,70+,71+,72+,73+,74+,75+,76-,77-,78-,79-,80+,81+,82+,83+,91+,92+,93+,94+,95+,96+,97+,98+,99-,100-,101-,102-/m1/s1. The molecule has 44 atom stereocenters. The second-order valence-corrected chi connectivity index (χ2v) is 47.9. The van der Waals surface area contributed by atoms with Gasteiger partial charge in [-0.15, -0.1) is 0 Å². The van der Waals surface area contributed by atoms with Crippen molar-refractivity contribution in [3.63, 3.8) is 0 Å². The maximum absolute atomic E-state index is 14.8. The van der Waals surface area contributed by atoms with Gasteiger partial charge in [-0.2, -0.15) is 0 Å². The molecule has 16 aliphatic rings. The first kappa shape index (κ1) is 94.1. The Hall–Kier alpha value is -4.07. The Balaban J connectivity index is 0.576. The van der Waals surface area contributed by atoms with Crippen molar-refractivity contribution < 1.29 is 113 Å². The lowest BCUT2D eigenvalue weighted by atomic mass is 9.43. The fourth-order valence-electron chi connectivity index (χ4n) is 36.3. The highest BCUT2D eigenvalue weighted by molar-refractivity contribution is 5.78. The van der Waals surface area contributed by atoms with Gasteiger partial charge in [0.05, 0.1) is 54.9 Å². The number of aliphatic hydroxyl groups is 9. The van der Waals surface area contributed by atoms with Gasteiger partial charge in [0.2, 0.25) is 0 Å². The van der Waals surface area contributed by atoms with E-state index in [1.54, 1.807) is 0 Å². The van der Waals surface area contributed by atoms with E-state index < -0.39 is 144 Å². The largest absolute Gasteiger partial charge is 0.481 e. The van der Waals surface area contributed by atoms with E-state index in [-0.39, 0.29) is 202 Å². The summed E-state index contributed by atoms with van der Waals surface area (Å²) in [5, 5.41) is 115. The lowest BCUT2D eigenvalue weighted by Gasteiger charge is -2.64. The number of rotatable bonds is 25. The molecule has 16 rings (SSSR count). The van der Waals surface area contributed by atoms with Gasteiger partial charge >= 0.3 is 41.8 Å². The molecule has 706 valence electrons. The van der Waals surface area contributed by atoms with Gasteiger partial charge in [-0.25, -0.2) is 14.4 Å². The molecule has 23 heteroatoms. The zero-order chi connectivity index (χ0) is 89.6. The number of carboxylic acids is 1. The number of aliphatic hydroxyl groups excluding tert-OH is 9. The van der Waals surface area contributed by atoms with Crippen molar-refractivity contribution in [3.8, 4) is 0 Å². The number of carbonyl (C=O) groups is 7. The molecule has 16 saturated carbocycles. The van der Waals surface area contributed by atoms with Gasteiger partial charge in [0.25, 0.3) is 0 Å². The summed E-state index contributed by atoms with van der Waals surface area (Å²) in [4.78, 5) is 97.6. The van der Waals surface area contributed by atoms with Crippen LogP contribution in [0.4, 0.5) is 0 Å². The van der Waals surface area contributed by atoms with E-state index in [4.69, 9.17) is 28.4 Å². The summed E-state index contributed by atoms with van der Waals surface area (Å²) in [5.41, 5.74) is -2.86. The zero-order valence-electron chi connectivity index (χ0n) is 77.6. The summed E-state index contributed by atoms with van der Waals surface area (Å²) in [6.07, 6.45) is 14.8. The van der Waals surface area contributed by atoms with Crippen molar-refractivity contribution in [2.75, 3.05) is 19.8 Å². The predicted octanol–water partition coefficient (Wildman–Crippen LogP) is 13.9. The third-order valence-electron chi connectivity index (χ3n) is 43.1. The van der Waals surface area contributed by atoms with Crippen LogP contribution in [0.15, 0.2) is 0 Å². The zero-order valence-corrected chi connectivity index (χ0v) is 77.6. The van der Waals surface area contributed by atoms with Gasteiger partial charge in [-0.05, 0) is 379 Å². The second-order valence-electron chi connectivity index (χ2n) is 47.9. The van der Waals surface area contributed by atoms with Crippen LogP contribution >= 0.6 is 0 Å². The van der Waals surface area contributed by atoms with Crippen LogP contribution < -0.4 is 0 Å². The number of hydrogen-bond donors (Lipinski definition) is 10. The van der Waals surface area contributed by atoms with Gasteiger partial charge in [0.1, 0.15) is 18.3 Å². The third-order valence-corrected chi connectivity index (χ3v) is 43.1. The molecular formula is C102H160O23. The number of fused-ring (bicyclic) bond motifs is 20. The van der Waals surface area contributed by atoms with Gasteiger partial charge in [-0.3, -0.25) is 19.2 Å². The minimum Gasteiger partial charge on any atom is -0.481 e. The Bertz CT molecular complexity index is 3910. The lowest BCUT2D eigenvalue weighted by Crippen LogP contribution is -2.63. The molecule has 16 fully saturated rings. The summed E-state index contributed by atoms with van der Waals surface area (Å²) < 4.78 is 37.2. The first-order valence-electron chi connectivity index (χ1n) is 50.4. The molecule has 0 aromatic heterocycles. The molecule has 0 unspecified atom stereocenters. The monoisotopic (exact) mass is 1750 g/mol. The smallest absolute Gasteiger partial charge is 0.344 e. The molecule has 16 aliphatic carbocycles. The molecule has 0 bridgehead atoms. The van der Waals surface area contributed by atoms with Crippen LogP contribution in [-0.4, -0.2) is 186 Å².